The summed E-state index contributed by atoms with van der Waals surface area (Å²) in [6.07, 6.45) is 0.344. The van der Waals surface area contributed by atoms with Crippen molar-refractivity contribution < 1.29 is 22.8 Å². The predicted octanol–water partition coefficient (Wildman–Crippen LogP) is 2.31. The molecule has 10 heteroatoms. The molecule has 2 amide bonds. The van der Waals surface area contributed by atoms with Crippen LogP contribution in [0.4, 0.5) is 13.2 Å². The molecule has 1 aliphatic heterocycles. The monoisotopic (exact) mass is 514 g/mol. The van der Waals surface area contributed by atoms with Gasteiger partial charge in [-0.2, -0.15) is 13.2 Å². The number of halogens is 4. The Kier molecular flexibility index (Phi) is 7.74. The Balaban J connectivity index is 0.00000280. The van der Waals surface area contributed by atoms with Crippen molar-refractivity contribution in [3.8, 4) is 0 Å². The van der Waals surface area contributed by atoms with E-state index in [9.17, 15) is 22.8 Å². The molecule has 3 rings (SSSR count). The van der Waals surface area contributed by atoms with Gasteiger partial charge in [-0.15, -0.1) is 24.0 Å². The number of alkyl halides is 3. The van der Waals surface area contributed by atoms with Crippen molar-refractivity contribution in [1.82, 2.24) is 15.5 Å². The Bertz CT molecular complexity index is 623. The molecule has 0 aromatic carbocycles. The number of nitrogens with one attached hydrogen (secondary N) is 2. The number of imide groups is 1. The van der Waals surface area contributed by atoms with Crippen LogP contribution in [0.15, 0.2) is 17.1 Å². The third-order valence-corrected chi connectivity index (χ3v) is 5.42. The third kappa shape index (κ3) is 4.98. The number of guanidine groups is 1. The Morgan fingerprint density at radius 3 is 2.32 bits per heavy atom. The van der Waals surface area contributed by atoms with Gasteiger partial charge in [0, 0.05) is 26.2 Å². The summed E-state index contributed by atoms with van der Waals surface area (Å²) in [5, 5.41) is 5.52. The van der Waals surface area contributed by atoms with Gasteiger partial charge in [-0.1, -0.05) is 12.2 Å². The third-order valence-electron chi connectivity index (χ3n) is 5.42. The molecule has 2 N–H and O–H groups in total. The molecule has 3 aliphatic rings. The number of aliphatic imine (C=N–C) groups is 1. The number of carbonyl (C=O) groups excluding carboxylic acids is 2. The first-order valence-corrected chi connectivity index (χ1v) is 9.44. The molecule has 6 nitrogen and oxygen atoms in total. The van der Waals surface area contributed by atoms with Crippen molar-refractivity contribution >= 4 is 41.8 Å². The number of hydrogen-bond donors (Lipinski definition) is 2. The van der Waals surface area contributed by atoms with Crippen LogP contribution >= 0.6 is 24.0 Å². The summed E-state index contributed by atoms with van der Waals surface area (Å²) in [7, 11) is 0. The minimum atomic E-state index is -4.22. The lowest BCUT2D eigenvalue weighted by molar-refractivity contribution is -0.140. The van der Waals surface area contributed by atoms with Crippen LogP contribution in [-0.2, 0) is 9.59 Å². The van der Waals surface area contributed by atoms with E-state index in [2.05, 4.69) is 27.8 Å². The molecule has 1 saturated carbocycles. The van der Waals surface area contributed by atoms with Gasteiger partial charge in [0.15, 0.2) is 5.96 Å². The van der Waals surface area contributed by atoms with Crippen LogP contribution < -0.4 is 10.6 Å². The predicted molar refractivity (Wildman–Crippen MR) is 109 cm³/mol. The number of carbonyl (C=O) groups is 2. The molecule has 0 aromatic rings. The van der Waals surface area contributed by atoms with Crippen molar-refractivity contribution in [2.45, 2.75) is 32.4 Å². The molecule has 158 valence electrons. The summed E-state index contributed by atoms with van der Waals surface area (Å²) in [4.78, 5) is 30.7. The van der Waals surface area contributed by atoms with E-state index >= 15 is 0 Å². The molecule has 1 saturated heterocycles. The summed E-state index contributed by atoms with van der Waals surface area (Å²) in [6.45, 7) is 2.72. The normalized spacial score (nSPS) is 28.6. The van der Waals surface area contributed by atoms with Crippen LogP contribution in [-0.4, -0.2) is 55.0 Å². The first kappa shape index (κ1) is 23.0. The number of allylic oxidation sites excluding steroid dienone is 2. The second-order valence-corrected chi connectivity index (χ2v) is 7.23. The summed E-state index contributed by atoms with van der Waals surface area (Å²) >= 11 is 0. The molecule has 0 radical (unpaired) electrons. The van der Waals surface area contributed by atoms with Crippen molar-refractivity contribution in [1.29, 1.82) is 0 Å². The zero-order valence-electron chi connectivity index (χ0n) is 15.7. The summed E-state index contributed by atoms with van der Waals surface area (Å²) in [6, 6.07) is 0. The van der Waals surface area contributed by atoms with Crippen LogP contribution in [0.5, 0.6) is 0 Å². The molecule has 28 heavy (non-hydrogen) atoms. The Labute approximate surface area is 179 Å². The van der Waals surface area contributed by atoms with Gasteiger partial charge < -0.3 is 10.6 Å². The van der Waals surface area contributed by atoms with E-state index in [0.29, 0.717) is 32.0 Å². The van der Waals surface area contributed by atoms with Crippen LogP contribution in [0.1, 0.15) is 26.2 Å². The molecule has 2 aliphatic carbocycles. The fourth-order valence-corrected chi connectivity index (χ4v) is 4.27. The maximum atomic E-state index is 12.6. The number of rotatable bonds is 7. The Morgan fingerprint density at radius 2 is 1.79 bits per heavy atom. The largest absolute Gasteiger partial charge is 0.390 e. The average molecular weight is 514 g/mol. The lowest BCUT2D eigenvalue weighted by Crippen LogP contribution is -2.39. The number of amides is 2. The number of fused-ring (bicyclic) bond motifs is 5. The zero-order chi connectivity index (χ0) is 19.6. The van der Waals surface area contributed by atoms with Gasteiger partial charge in [-0.25, -0.2) is 0 Å². The zero-order valence-corrected chi connectivity index (χ0v) is 18.0. The number of hydrogen-bond acceptors (Lipinski definition) is 3. The van der Waals surface area contributed by atoms with E-state index in [1.54, 1.807) is 0 Å². The van der Waals surface area contributed by atoms with E-state index in [4.69, 9.17) is 0 Å². The smallest absolute Gasteiger partial charge is 0.357 e. The van der Waals surface area contributed by atoms with E-state index in [-0.39, 0.29) is 66.0 Å². The molecule has 1 heterocycles. The average Bonchev–Trinajstić information content (AvgIpc) is 3.26. The van der Waals surface area contributed by atoms with Crippen molar-refractivity contribution in [3.63, 3.8) is 0 Å². The fraction of sp³-hybridized carbons (Fsp3) is 0.722. The standard InChI is InChI=1S/C18H25F3N4O2.HI/c1-2-22-17(24-8-6-18(19,20)21)23-7-3-9-25-15(26)13-11-4-5-12(10-11)14(13)16(25)27;/h4-5,11-14H,2-3,6-10H2,1H3,(H2,22,23,24);1H. The van der Waals surface area contributed by atoms with Crippen LogP contribution in [0.25, 0.3) is 0 Å². The Hall–Kier alpha value is -1.33. The highest BCUT2D eigenvalue weighted by Crippen LogP contribution is 2.52. The quantitative estimate of drug-likeness (QED) is 0.137. The van der Waals surface area contributed by atoms with Gasteiger partial charge in [0.05, 0.1) is 18.3 Å². The summed E-state index contributed by atoms with van der Waals surface area (Å²) < 4.78 is 36.7. The molecule has 4 unspecified atom stereocenters. The Morgan fingerprint density at radius 1 is 1.18 bits per heavy atom. The fourth-order valence-electron chi connectivity index (χ4n) is 4.27. The van der Waals surface area contributed by atoms with E-state index in [1.165, 1.54) is 4.90 Å². The lowest BCUT2D eigenvalue weighted by Gasteiger charge is -2.17. The van der Waals surface area contributed by atoms with Gasteiger partial charge in [0.25, 0.3) is 0 Å². The number of nitrogens with zero attached hydrogens (tertiary/aromatic N) is 2. The van der Waals surface area contributed by atoms with Crippen LogP contribution in [0, 0.1) is 23.7 Å². The van der Waals surface area contributed by atoms with E-state index < -0.39 is 12.6 Å². The molecular formula is C18H26F3IN4O2. The lowest BCUT2D eigenvalue weighted by atomic mass is 9.85. The van der Waals surface area contributed by atoms with E-state index in [0.717, 1.165) is 6.42 Å². The molecule has 0 aromatic heterocycles. The SMILES string of the molecule is CCNC(=NCCCN1C(=O)C2C3C=CC(C3)C2C1=O)NCCC(F)(F)F.I. The highest BCUT2D eigenvalue weighted by atomic mass is 127. The molecular weight excluding hydrogens is 488 g/mol. The second kappa shape index (κ2) is 9.45. The summed E-state index contributed by atoms with van der Waals surface area (Å²) in [5.41, 5.74) is 0. The topological polar surface area (TPSA) is 73.8 Å². The highest BCUT2D eigenvalue weighted by Gasteiger charge is 2.58. The maximum absolute atomic E-state index is 12.6. The molecule has 2 fully saturated rings. The van der Waals surface area contributed by atoms with Gasteiger partial charge >= 0.3 is 6.18 Å². The van der Waals surface area contributed by atoms with Crippen molar-refractivity contribution in [2.24, 2.45) is 28.7 Å². The number of likely N-dealkylation sites (tertiary alicyclic amines) is 1. The minimum Gasteiger partial charge on any atom is -0.357 e. The summed E-state index contributed by atoms with van der Waals surface area (Å²) in [5.74, 6) is 0.132. The van der Waals surface area contributed by atoms with Gasteiger partial charge in [-0.05, 0) is 31.6 Å². The molecule has 4 atom stereocenters. The van der Waals surface area contributed by atoms with Gasteiger partial charge in [-0.3, -0.25) is 19.5 Å². The maximum Gasteiger partial charge on any atom is 0.390 e. The van der Waals surface area contributed by atoms with Crippen molar-refractivity contribution in [3.05, 3.63) is 12.2 Å². The first-order chi connectivity index (χ1) is 12.8. The van der Waals surface area contributed by atoms with Crippen LogP contribution in [0.3, 0.4) is 0 Å². The highest BCUT2D eigenvalue weighted by molar-refractivity contribution is 14.0. The van der Waals surface area contributed by atoms with E-state index in [1.807, 2.05) is 6.92 Å². The van der Waals surface area contributed by atoms with Crippen LogP contribution in [0.2, 0.25) is 0 Å². The molecule has 2 bridgehead atoms. The van der Waals surface area contributed by atoms with Crippen molar-refractivity contribution in [2.75, 3.05) is 26.2 Å². The minimum absolute atomic E-state index is 0. The second-order valence-electron chi connectivity index (χ2n) is 7.23. The van der Waals surface area contributed by atoms with Gasteiger partial charge in [0.1, 0.15) is 0 Å². The van der Waals surface area contributed by atoms with Gasteiger partial charge in [0.2, 0.25) is 11.8 Å². The first-order valence-electron chi connectivity index (χ1n) is 9.44. The molecule has 0 spiro atoms.